The van der Waals surface area contributed by atoms with E-state index in [0.29, 0.717) is 16.9 Å². The highest BCUT2D eigenvalue weighted by atomic mass is 16.4. The number of para-hydroxylation sites is 1. The minimum absolute atomic E-state index is 0.263. The lowest BCUT2D eigenvalue weighted by Gasteiger charge is -2.11. The van der Waals surface area contributed by atoms with Crippen LogP contribution in [0.15, 0.2) is 63.8 Å². The number of fused-ring (bicyclic) bond motifs is 5. The van der Waals surface area contributed by atoms with Gasteiger partial charge in [-0.3, -0.25) is 0 Å². The topological polar surface area (TPSA) is 30.2 Å². The van der Waals surface area contributed by atoms with E-state index in [2.05, 4.69) is 26.0 Å². The Morgan fingerprint density at radius 2 is 1.59 bits per heavy atom. The lowest BCUT2D eigenvalue weighted by atomic mass is 9.95. The molecule has 4 aromatic rings. The summed E-state index contributed by atoms with van der Waals surface area (Å²) in [6.45, 7) is 4.23. The Bertz CT molecular complexity index is 1070. The van der Waals surface area contributed by atoms with E-state index >= 15 is 0 Å². The van der Waals surface area contributed by atoms with E-state index in [1.165, 1.54) is 0 Å². The quantitative estimate of drug-likeness (QED) is 0.355. The molecule has 0 N–H and O–H groups in total. The predicted octanol–water partition coefficient (Wildman–Crippen LogP) is 5.22. The minimum atomic E-state index is -0.263. The van der Waals surface area contributed by atoms with Crippen LogP contribution in [0, 0.1) is 0 Å². The van der Waals surface area contributed by atoms with Crippen molar-refractivity contribution in [3.63, 3.8) is 0 Å². The predicted molar refractivity (Wildman–Crippen MR) is 91.6 cm³/mol. The molecule has 2 nitrogen and oxygen atoms in total. The van der Waals surface area contributed by atoms with Crippen molar-refractivity contribution in [2.45, 2.75) is 19.8 Å². The molecule has 0 unspecified atom stereocenters. The molecule has 0 bridgehead atoms. The Morgan fingerprint density at radius 1 is 0.818 bits per heavy atom. The molecule has 1 heterocycles. The second-order valence-electron chi connectivity index (χ2n) is 5.98. The number of hydrogen-bond acceptors (Lipinski definition) is 2. The fraction of sp³-hybridized carbons (Fsp3) is 0.150. The van der Waals surface area contributed by atoms with Crippen molar-refractivity contribution in [3.05, 3.63) is 70.6 Å². The van der Waals surface area contributed by atoms with Crippen molar-refractivity contribution in [2.24, 2.45) is 0 Å². The van der Waals surface area contributed by atoms with E-state index in [1.807, 2.05) is 42.5 Å². The summed E-state index contributed by atoms with van der Waals surface area (Å²) in [5.41, 5.74) is 1.53. The summed E-state index contributed by atoms with van der Waals surface area (Å²) in [4.78, 5) is 12.4. The van der Waals surface area contributed by atoms with Crippen molar-refractivity contribution >= 4 is 32.5 Å². The summed E-state index contributed by atoms with van der Waals surface area (Å²) >= 11 is 0. The van der Waals surface area contributed by atoms with Crippen LogP contribution in [0.2, 0.25) is 0 Å². The SMILES string of the molecule is CC(C)c1cccc2c1oc(=O)c1ccc3ccccc3c12. The van der Waals surface area contributed by atoms with Crippen LogP contribution in [0.1, 0.15) is 25.3 Å². The highest BCUT2D eigenvalue weighted by molar-refractivity contribution is 6.18. The van der Waals surface area contributed by atoms with Crippen LogP contribution in [-0.4, -0.2) is 0 Å². The molecule has 0 spiro atoms. The first-order valence-electron chi connectivity index (χ1n) is 7.54. The molecule has 108 valence electrons. The first-order chi connectivity index (χ1) is 10.7. The summed E-state index contributed by atoms with van der Waals surface area (Å²) < 4.78 is 5.66. The molecule has 0 atom stereocenters. The first-order valence-corrected chi connectivity index (χ1v) is 7.54. The third kappa shape index (κ3) is 1.77. The maximum absolute atomic E-state index is 12.4. The standard InChI is InChI=1S/C20H16O2/c1-12(2)14-8-5-9-16-18-15-7-4-3-6-13(15)10-11-17(18)20(21)22-19(14)16/h3-12H,1-2H3. The van der Waals surface area contributed by atoms with Gasteiger partial charge in [0.1, 0.15) is 5.58 Å². The smallest absolute Gasteiger partial charge is 0.344 e. The molecule has 0 saturated carbocycles. The molecular formula is C20H16O2. The zero-order valence-corrected chi connectivity index (χ0v) is 12.6. The van der Waals surface area contributed by atoms with Gasteiger partial charge in [-0.05, 0) is 28.3 Å². The maximum atomic E-state index is 12.4. The molecule has 3 aromatic carbocycles. The Morgan fingerprint density at radius 3 is 2.41 bits per heavy atom. The second kappa shape index (κ2) is 4.70. The summed E-state index contributed by atoms with van der Waals surface area (Å²) in [5, 5.41) is 4.88. The van der Waals surface area contributed by atoms with Gasteiger partial charge in [0.25, 0.3) is 0 Å². The van der Waals surface area contributed by atoms with Crippen molar-refractivity contribution in [1.29, 1.82) is 0 Å². The first kappa shape index (κ1) is 13.1. The normalized spacial score (nSPS) is 11.8. The molecule has 2 heteroatoms. The van der Waals surface area contributed by atoms with Crippen LogP contribution in [0.25, 0.3) is 32.5 Å². The number of benzene rings is 3. The van der Waals surface area contributed by atoms with Crippen LogP contribution >= 0.6 is 0 Å². The van der Waals surface area contributed by atoms with Gasteiger partial charge in [-0.1, -0.05) is 62.4 Å². The van der Waals surface area contributed by atoms with E-state index in [4.69, 9.17) is 4.42 Å². The fourth-order valence-corrected chi connectivity index (χ4v) is 3.20. The molecule has 0 fully saturated rings. The zero-order valence-electron chi connectivity index (χ0n) is 12.6. The summed E-state index contributed by atoms with van der Waals surface area (Å²) in [6.07, 6.45) is 0. The van der Waals surface area contributed by atoms with Gasteiger partial charge in [-0.25, -0.2) is 4.79 Å². The van der Waals surface area contributed by atoms with Crippen LogP contribution in [0.3, 0.4) is 0 Å². The number of rotatable bonds is 1. The van der Waals surface area contributed by atoms with Crippen molar-refractivity contribution in [3.8, 4) is 0 Å². The van der Waals surface area contributed by atoms with Crippen LogP contribution in [0.4, 0.5) is 0 Å². The monoisotopic (exact) mass is 288 g/mol. The third-order valence-electron chi connectivity index (χ3n) is 4.28. The minimum Gasteiger partial charge on any atom is -0.422 e. The highest BCUT2D eigenvalue weighted by Crippen LogP contribution is 2.33. The van der Waals surface area contributed by atoms with E-state index in [9.17, 15) is 4.79 Å². The molecule has 4 rings (SSSR count). The van der Waals surface area contributed by atoms with Crippen LogP contribution in [-0.2, 0) is 0 Å². The molecule has 0 aliphatic carbocycles. The molecule has 22 heavy (non-hydrogen) atoms. The van der Waals surface area contributed by atoms with E-state index < -0.39 is 0 Å². The Labute approximate surface area is 128 Å². The molecular weight excluding hydrogens is 272 g/mol. The zero-order chi connectivity index (χ0) is 15.3. The summed E-state index contributed by atoms with van der Waals surface area (Å²) in [7, 11) is 0. The fourth-order valence-electron chi connectivity index (χ4n) is 3.20. The van der Waals surface area contributed by atoms with Crippen molar-refractivity contribution in [1.82, 2.24) is 0 Å². The molecule has 1 aromatic heterocycles. The average molecular weight is 288 g/mol. The lowest BCUT2D eigenvalue weighted by Crippen LogP contribution is -2.02. The largest absolute Gasteiger partial charge is 0.422 e. The third-order valence-corrected chi connectivity index (χ3v) is 4.28. The van der Waals surface area contributed by atoms with Crippen LogP contribution in [0.5, 0.6) is 0 Å². The molecule has 0 aliphatic rings. The van der Waals surface area contributed by atoms with Gasteiger partial charge < -0.3 is 4.42 Å². The molecule has 0 saturated heterocycles. The van der Waals surface area contributed by atoms with Gasteiger partial charge in [0.05, 0.1) is 5.39 Å². The van der Waals surface area contributed by atoms with Crippen LogP contribution < -0.4 is 5.63 Å². The Hall–Kier alpha value is -2.61. The van der Waals surface area contributed by atoms with E-state index in [1.54, 1.807) is 0 Å². The van der Waals surface area contributed by atoms with Gasteiger partial charge in [0.2, 0.25) is 0 Å². The van der Waals surface area contributed by atoms with Crippen molar-refractivity contribution in [2.75, 3.05) is 0 Å². The lowest BCUT2D eigenvalue weighted by molar-refractivity contribution is 0.563. The van der Waals surface area contributed by atoms with Gasteiger partial charge in [0, 0.05) is 10.8 Å². The average Bonchev–Trinajstić information content (AvgIpc) is 2.53. The maximum Gasteiger partial charge on any atom is 0.344 e. The van der Waals surface area contributed by atoms with Gasteiger partial charge in [0.15, 0.2) is 0 Å². The van der Waals surface area contributed by atoms with Crippen molar-refractivity contribution < 1.29 is 4.42 Å². The summed E-state index contributed by atoms with van der Waals surface area (Å²) in [5.74, 6) is 0.305. The molecule has 0 aliphatic heterocycles. The summed E-state index contributed by atoms with van der Waals surface area (Å²) in [6, 6.07) is 18.1. The Kier molecular flexibility index (Phi) is 2.80. The second-order valence-corrected chi connectivity index (χ2v) is 5.98. The highest BCUT2D eigenvalue weighted by Gasteiger charge is 2.14. The van der Waals surface area contributed by atoms with E-state index in [0.717, 1.165) is 27.1 Å². The van der Waals surface area contributed by atoms with Gasteiger partial charge >= 0.3 is 5.63 Å². The number of hydrogen-bond donors (Lipinski definition) is 0. The molecule has 0 amide bonds. The van der Waals surface area contributed by atoms with Gasteiger partial charge in [-0.2, -0.15) is 0 Å². The van der Waals surface area contributed by atoms with Gasteiger partial charge in [-0.15, -0.1) is 0 Å². The van der Waals surface area contributed by atoms with E-state index in [-0.39, 0.29) is 5.63 Å². The molecule has 0 radical (unpaired) electrons. The Balaban J connectivity index is 2.35.